The second kappa shape index (κ2) is 2.60. The van der Waals surface area contributed by atoms with Crippen molar-refractivity contribution in [2.24, 2.45) is 0 Å². The highest BCUT2D eigenvalue weighted by molar-refractivity contribution is 7.89. The van der Waals surface area contributed by atoms with E-state index in [0.29, 0.717) is 11.4 Å². The van der Waals surface area contributed by atoms with Gasteiger partial charge in [0.2, 0.25) is 0 Å². The molecule has 2 rings (SSSR count). The van der Waals surface area contributed by atoms with E-state index in [0.717, 1.165) is 0 Å². The van der Waals surface area contributed by atoms with Crippen LogP contribution in [0.15, 0.2) is 23.7 Å². The van der Waals surface area contributed by atoms with Crippen LogP contribution in [0.4, 0.5) is 5.69 Å². The van der Waals surface area contributed by atoms with E-state index in [9.17, 15) is 9.32 Å². The zero-order valence-electron chi connectivity index (χ0n) is 6.02. The van der Waals surface area contributed by atoms with Gasteiger partial charge in [-0.25, -0.2) is 4.21 Å². The molecule has 0 amide bonds. The number of hydrogen-bond donors (Lipinski definition) is 2. The Balaban J connectivity index is 2.60. The van der Waals surface area contributed by atoms with Gasteiger partial charge >= 0.3 is 0 Å². The highest BCUT2D eigenvalue weighted by Crippen LogP contribution is 2.24. The number of fused-ring (bicyclic) bond motifs is 1. The maximum atomic E-state index is 11.0. The Morgan fingerprint density at radius 1 is 1.58 bits per heavy atom. The minimum absolute atomic E-state index is 0.0392. The van der Waals surface area contributed by atoms with Crippen LogP contribution in [0.25, 0.3) is 5.76 Å². The molecule has 0 fully saturated rings. The predicted molar refractivity (Wildman–Crippen MR) is 46.6 cm³/mol. The molecule has 62 valence electrons. The van der Waals surface area contributed by atoms with Crippen molar-refractivity contribution in [3.05, 3.63) is 29.4 Å². The van der Waals surface area contributed by atoms with E-state index in [2.05, 4.69) is 9.71 Å². The van der Waals surface area contributed by atoms with Gasteiger partial charge in [-0.1, -0.05) is 0 Å². The van der Waals surface area contributed by atoms with Crippen LogP contribution in [0.3, 0.4) is 0 Å². The zero-order chi connectivity index (χ0) is 8.55. The van der Waals surface area contributed by atoms with E-state index in [4.69, 9.17) is 0 Å². The van der Waals surface area contributed by atoms with Crippen LogP contribution in [-0.4, -0.2) is 14.3 Å². The van der Waals surface area contributed by atoms with Gasteiger partial charge in [0, 0.05) is 6.20 Å². The van der Waals surface area contributed by atoms with E-state index in [1.807, 2.05) is 0 Å². The van der Waals surface area contributed by atoms with Crippen molar-refractivity contribution in [1.29, 1.82) is 0 Å². The third-order valence-corrected chi connectivity index (χ3v) is 2.34. The SMILES string of the molecule is O=S1C=C(O)c2ncccc2N1. The standard InChI is InChI=1S/C7H6N2O2S/c10-6-4-12(11)9-5-2-1-3-8-7(5)6/h1-4,9-10H. The van der Waals surface area contributed by atoms with E-state index >= 15 is 0 Å². The number of rotatable bonds is 0. The fourth-order valence-electron chi connectivity index (χ4n) is 0.987. The second-order valence-corrected chi connectivity index (χ2v) is 3.34. The normalized spacial score (nSPS) is 20.7. The Kier molecular flexibility index (Phi) is 1.58. The molecule has 0 radical (unpaired) electrons. The van der Waals surface area contributed by atoms with Crippen molar-refractivity contribution >= 4 is 22.4 Å². The predicted octanol–water partition coefficient (Wildman–Crippen LogP) is 1.03. The van der Waals surface area contributed by atoms with Crippen molar-refractivity contribution < 1.29 is 9.32 Å². The van der Waals surface area contributed by atoms with Crippen LogP contribution >= 0.6 is 0 Å². The van der Waals surface area contributed by atoms with Crippen LogP contribution < -0.4 is 4.72 Å². The number of nitrogens with one attached hydrogen (secondary N) is 1. The lowest BCUT2D eigenvalue weighted by Crippen LogP contribution is -2.10. The molecule has 1 aliphatic rings. The molecule has 0 saturated carbocycles. The summed E-state index contributed by atoms with van der Waals surface area (Å²) in [4.78, 5) is 3.92. The summed E-state index contributed by atoms with van der Waals surface area (Å²) in [5.74, 6) is -0.0392. The van der Waals surface area contributed by atoms with Gasteiger partial charge in [0.1, 0.15) is 16.7 Å². The van der Waals surface area contributed by atoms with Gasteiger partial charge in [-0.15, -0.1) is 0 Å². The fourth-order valence-corrected chi connectivity index (χ4v) is 1.74. The van der Waals surface area contributed by atoms with E-state index < -0.39 is 11.0 Å². The minimum Gasteiger partial charge on any atom is -0.505 e. The van der Waals surface area contributed by atoms with Gasteiger partial charge in [0.15, 0.2) is 5.76 Å². The van der Waals surface area contributed by atoms with Gasteiger partial charge in [0.25, 0.3) is 0 Å². The first-order chi connectivity index (χ1) is 5.77. The summed E-state index contributed by atoms with van der Waals surface area (Å²) in [5, 5.41) is 10.5. The summed E-state index contributed by atoms with van der Waals surface area (Å²) < 4.78 is 13.6. The molecule has 1 aromatic rings. The van der Waals surface area contributed by atoms with Crippen molar-refractivity contribution in [3.63, 3.8) is 0 Å². The summed E-state index contributed by atoms with van der Waals surface area (Å²) in [6, 6.07) is 3.42. The van der Waals surface area contributed by atoms with Crippen LogP contribution in [0.2, 0.25) is 0 Å². The maximum Gasteiger partial charge on any atom is 0.154 e. The van der Waals surface area contributed by atoms with Crippen molar-refractivity contribution in [3.8, 4) is 0 Å². The van der Waals surface area contributed by atoms with Crippen LogP contribution in [0.5, 0.6) is 0 Å². The minimum atomic E-state index is -1.33. The molecule has 1 aliphatic heterocycles. The molecular formula is C7H6N2O2S. The topological polar surface area (TPSA) is 62.2 Å². The summed E-state index contributed by atoms with van der Waals surface area (Å²) in [7, 11) is -1.33. The van der Waals surface area contributed by atoms with Crippen molar-refractivity contribution in [1.82, 2.24) is 4.98 Å². The largest absolute Gasteiger partial charge is 0.505 e. The lowest BCUT2D eigenvalue weighted by molar-refractivity contribution is 0.509. The van der Waals surface area contributed by atoms with E-state index in [1.165, 1.54) is 5.41 Å². The van der Waals surface area contributed by atoms with E-state index in [1.54, 1.807) is 18.3 Å². The number of anilines is 1. The molecule has 4 nitrogen and oxygen atoms in total. The van der Waals surface area contributed by atoms with Gasteiger partial charge in [-0.2, -0.15) is 0 Å². The zero-order valence-corrected chi connectivity index (χ0v) is 6.84. The Bertz CT molecular complexity index is 375. The third kappa shape index (κ3) is 1.08. The Morgan fingerprint density at radius 3 is 3.25 bits per heavy atom. The number of aliphatic hydroxyl groups excluding tert-OH is 1. The first-order valence-electron chi connectivity index (χ1n) is 3.31. The maximum absolute atomic E-state index is 11.0. The highest BCUT2D eigenvalue weighted by Gasteiger charge is 2.15. The average molecular weight is 182 g/mol. The number of hydrogen-bond acceptors (Lipinski definition) is 3. The average Bonchev–Trinajstić information content (AvgIpc) is 2.04. The van der Waals surface area contributed by atoms with Crippen molar-refractivity contribution in [2.45, 2.75) is 0 Å². The lowest BCUT2D eigenvalue weighted by atomic mass is 10.3. The molecule has 0 saturated heterocycles. The van der Waals surface area contributed by atoms with E-state index in [-0.39, 0.29) is 5.76 Å². The smallest absolute Gasteiger partial charge is 0.154 e. The number of nitrogens with zero attached hydrogens (tertiary/aromatic N) is 1. The van der Waals surface area contributed by atoms with Gasteiger partial charge < -0.3 is 5.11 Å². The lowest BCUT2D eigenvalue weighted by Gasteiger charge is -2.12. The van der Waals surface area contributed by atoms with Gasteiger partial charge in [0.05, 0.1) is 11.1 Å². The molecule has 5 heteroatoms. The number of pyridine rings is 1. The summed E-state index contributed by atoms with van der Waals surface area (Å²) >= 11 is 0. The van der Waals surface area contributed by atoms with Gasteiger partial charge in [-0.3, -0.25) is 9.71 Å². The third-order valence-electron chi connectivity index (χ3n) is 1.48. The second-order valence-electron chi connectivity index (χ2n) is 2.30. The van der Waals surface area contributed by atoms with Gasteiger partial charge in [-0.05, 0) is 12.1 Å². The molecule has 12 heavy (non-hydrogen) atoms. The first kappa shape index (κ1) is 7.30. The number of aromatic nitrogens is 1. The monoisotopic (exact) mass is 182 g/mol. The first-order valence-corrected chi connectivity index (χ1v) is 4.52. The molecule has 0 bridgehead atoms. The summed E-state index contributed by atoms with van der Waals surface area (Å²) in [6.07, 6.45) is 1.57. The Labute approximate surface area is 71.5 Å². The molecule has 2 N–H and O–H groups in total. The Morgan fingerprint density at radius 2 is 2.42 bits per heavy atom. The molecule has 2 heterocycles. The van der Waals surface area contributed by atoms with Crippen LogP contribution in [0.1, 0.15) is 5.69 Å². The van der Waals surface area contributed by atoms with Crippen LogP contribution in [-0.2, 0) is 11.0 Å². The Hall–Kier alpha value is -1.36. The molecular weight excluding hydrogens is 176 g/mol. The molecule has 1 unspecified atom stereocenters. The number of aliphatic hydroxyl groups is 1. The highest BCUT2D eigenvalue weighted by atomic mass is 32.2. The molecule has 1 aromatic heterocycles. The molecule has 0 aliphatic carbocycles. The fraction of sp³-hybridized carbons (Fsp3) is 0. The summed E-state index contributed by atoms with van der Waals surface area (Å²) in [6.45, 7) is 0. The molecule has 1 atom stereocenters. The molecule has 0 spiro atoms. The van der Waals surface area contributed by atoms with Crippen molar-refractivity contribution in [2.75, 3.05) is 4.72 Å². The van der Waals surface area contributed by atoms with Crippen LogP contribution in [0, 0.1) is 0 Å². The summed E-state index contributed by atoms with van der Waals surface area (Å²) in [5.41, 5.74) is 1.04. The molecule has 0 aromatic carbocycles. The quantitative estimate of drug-likeness (QED) is 0.629.